The summed E-state index contributed by atoms with van der Waals surface area (Å²) in [7, 11) is 0. The molecule has 3 rings (SSSR count). The fourth-order valence-electron chi connectivity index (χ4n) is 2.98. The summed E-state index contributed by atoms with van der Waals surface area (Å²) in [6, 6.07) is 7.33. The molecule has 23 heavy (non-hydrogen) atoms. The van der Waals surface area contributed by atoms with Gasteiger partial charge in [0, 0.05) is 18.7 Å². The van der Waals surface area contributed by atoms with Gasteiger partial charge in [-0.2, -0.15) is 5.10 Å². The molecule has 1 fully saturated rings. The number of carbonyl (C=O) groups is 2. The van der Waals surface area contributed by atoms with Crippen LogP contribution in [0.1, 0.15) is 22.8 Å². The van der Waals surface area contributed by atoms with Gasteiger partial charge in [-0.3, -0.25) is 9.59 Å². The molecule has 1 amide bonds. The van der Waals surface area contributed by atoms with Crippen LogP contribution in [0.4, 0.5) is 0 Å². The van der Waals surface area contributed by atoms with E-state index in [0.717, 1.165) is 5.56 Å². The first kappa shape index (κ1) is 15.2. The van der Waals surface area contributed by atoms with Gasteiger partial charge in [0.15, 0.2) is 0 Å². The Balaban J connectivity index is 1.82. The van der Waals surface area contributed by atoms with E-state index in [9.17, 15) is 14.7 Å². The minimum Gasteiger partial charge on any atom is -0.481 e. The average Bonchev–Trinajstić information content (AvgIpc) is 3.16. The van der Waals surface area contributed by atoms with Gasteiger partial charge in [-0.1, -0.05) is 25.1 Å². The highest BCUT2D eigenvalue weighted by Crippen LogP contribution is 2.25. The summed E-state index contributed by atoms with van der Waals surface area (Å²) in [4.78, 5) is 29.6. The maximum absolute atomic E-state index is 12.8. The van der Waals surface area contributed by atoms with Crippen LogP contribution in [-0.4, -0.2) is 49.7 Å². The second kappa shape index (κ2) is 6.20. The molecular formula is C16H18N4O3. The van der Waals surface area contributed by atoms with Crippen molar-refractivity contribution in [2.75, 3.05) is 13.1 Å². The van der Waals surface area contributed by atoms with Crippen LogP contribution >= 0.6 is 0 Å². The summed E-state index contributed by atoms with van der Waals surface area (Å²) in [6.45, 7) is 3.04. The summed E-state index contributed by atoms with van der Waals surface area (Å²) in [6.07, 6.45) is 3.05. The number of aromatic nitrogens is 3. The standard InChI is InChI=1S/C16H18N4O3/c1-11-6-19(8-14(11)16(22)23)15(21)13-5-3-2-4-12(13)7-20-10-17-9-18-20/h2-5,9-11,14H,6-8H2,1H3,(H,22,23)/t11-,14-/m1/s1. The van der Waals surface area contributed by atoms with Crippen LogP contribution in [0.15, 0.2) is 36.9 Å². The van der Waals surface area contributed by atoms with E-state index in [4.69, 9.17) is 0 Å². The molecule has 2 heterocycles. The number of benzene rings is 1. The molecule has 0 aliphatic carbocycles. The van der Waals surface area contributed by atoms with E-state index < -0.39 is 11.9 Å². The van der Waals surface area contributed by atoms with Gasteiger partial charge >= 0.3 is 5.97 Å². The Bertz CT molecular complexity index is 714. The topological polar surface area (TPSA) is 88.3 Å². The number of nitrogens with zero attached hydrogens (tertiary/aromatic N) is 4. The lowest BCUT2D eigenvalue weighted by atomic mass is 9.99. The summed E-state index contributed by atoms with van der Waals surface area (Å²) in [5.41, 5.74) is 1.43. The van der Waals surface area contributed by atoms with E-state index in [1.807, 2.05) is 25.1 Å². The van der Waals surface area contributed by atoms with E-state index in [1.165, 1.54) is 6.33 Å². The van der Waals surface area contributed by atoms with E-state index in [-0.39, 0.29) is 18.4 Å². The normalized spacial score (nSPS) is 20.7. The Kier molecular flexibility index (Phi) is 4.10. The second-order valence-corrected chi connectivity index (χ2v) is 5.88. The van der Waals surface area contributed by atoms with Gasteiger partial charge in [0.1, 0.15) is 12.7 Å². The van der Waals surface area contributed by atoms with Crippen LogP contribution < -0.4 is 0 Å². The van der Waals surface area contributed by atoms with Gasteiger partial charge in [0.05, 0.1) is 12.5 Å². The lowest BCUT2D eigenvalue weighted by molar-refractivity contribution is -0.142. The van der Waals surface area contributed by atoms with Crippen molar-refractivity contribution in [3.8, 4) is 0 Å². The number of likely N-dealkylation sites (tertiary alicyclic amines) is 1. The molecule has 1 aliphatic heterocycles. The molecular weight excluding hydrogens is 296 g/mol. The molecule has 120 valence electrons. The minimum absolute atomic E-state index is 0.0427. The smallest absolute Gasteiger partial charge is 0.308 e. The van der Waals surface area contributed by atoms with Gasteiger partial charge in [-0.05, 0) is 17.5 Å². The number of carboxylic acid groups (broad SMARTS) is 1. The number of carboxylic acids is 1. The van der Waals surface area contributed by atoms with Crippen LogP contribution in [0.25, 0.3) is 0 Å². The highest BCUT2D eigenvalue weighted by Gasteiger charge is 2.37. The molecule has 1 saturated heterocycles. The molecule has 0 radical (unpaired) electrons. The van der Waals surface area contributed by atoms with Gasteiger partial charge < -0.3 is 10.0 Å². The molecule has 1 aromatic carbocycles. The van der Waals surface area contributed by atoms with Crippen molar-refractivity contribution >= 4 is 11.9 Å². The second-order valence-electron chi connectivity index (χ2n) is 5.88. The highest BCUT2D eigenvalue weighted by molar-refractivity contribution is 5.96. The van der Waals surface area contributed by atoms with Crippen molar-refractivity contribution in [2.24, 2.45) is 11.8 Å². The Morgan fingerprint density at radius 1 is 1.30 bits per heavy atom. The molecule has 0 unspecified atom stereocenters. The first-order chi connectivity index (χ1) is 11.1. The molecule has 0 spiro atoms. The van der Waals surface area contributed by atoms with Crippen LogP contribution in [0.5, 0.6) is 0 Å². The Hall–Kier alpha value is -2.70. The number of carbonyl (C=O) groups excluding carboxylic acids is 1. The molecule has 0 bridgehead atoms. The number of hydrogen-bond donors (Lipinski definition) is 1. The number of aliphatic carboxylic acids is 1. The van der Waals surface area contributed by atoms with E-state index in [1.54, 1.807) is 22.0 Å². The lowest BCUT2D eigenvalue weighted by Crippen LogP contribution is -2.30. The number of amides is 1. The largest absolute Gasteiger partial charge is 0.481 e. The Morgan fingerprint density at radius 2 is 2.09 bits per heavy atom. The van der Waals surface area contributed by atoms with Gasteiger partial charge in [-0.15, -0.1) is 0 Å². The molecule has 1 N–H and O–H groups in total. The fourth-order valence-corrected chi connectivity index (χ4v) is 2.98. The zero-order valence-corrected chi connectivity index (χ0v) is 12.8. The number of hydrogen-bond acceptors (Lipinski definition) is 4. The van der Waals surface area contributed by atoms with Crippen LogP contribution in [-0.2, 0) is 11.3 Å². The van der Waals surface area contributed by atoms with Crippen molar-refractivity contribution < 1.29 is 14.7 Å². The van der Waals surface area contributed by atoms with Gasteiger partial charge in [-0.25, -0.2) is 9.67 Å². The zero-order chi connectivity index (χ0) is 16.4. The third-order valence-corrected chi connectivity index (χ3v) is 4.26. The minimum atomic E-state index is -0.844. The van der Waals surface area contributed by atoms with Crippen LogP contribution in [0, 0.1) is 11.8 Å². The molecule has 2 atom stereocenters. The lowest BCUT2D eigenvalue weighted by Gasteiger charge is -2.18. The van der Waals surface area contributed by atoms with Crippen molar-refractivity contribution in [1.29, 1.82) is 0 Å². The summed E-state index contributed by atoms with van der Waals surface area (Å²) < 4.78 is 1.65. The van der Waals surface area contributed by atoms with Crippen molar-refractivity contribution in [3.05, 3.63) is 48.0 Å². The molecule has 7 heteroatoms. The SMILES string of the molecule is C[C@@H]1CN(C(=O)c2ccccc2Cn2cncn2)C[C@H]1C(=O)O. The first-order valence-corrected chi connectivity index (χ1v) is 7.48. The van der Waals surface area contributed by atoms with Crippen molar-refractivity contribution in [3.63, 3.8) is 0 Å². The number of rotatable bonds is 4. The third-order valence-electron chi connectivity index (χ3n) is 4.26. The summed E-state index contributed by atoms with van der Waals surface area (Å²) in [5, 5.41) is 13.3. The maximum Gasteiger partial charge on any atom is 0.308 e. The predicted octanol–water partition coefficient (Wildman–Crippen LogP) is 1.12. The molecule has 1 aromatic heterocycles. The van der Waals surface area contributed by atoms with E-state index in [0.29, 0.717) is 18.7 Å². The monoisotopic (exact) mass is 314 g/mol. The zero-order valence-electron chi connectivity index (χ0n) is 12.8. The molecule has 1 aliphatic rings. The van der Waals surface area contributed by atoms with E-state index >= 15 is 0 Å². The predicted molar refractivity (Wildman–Crippen MR) is 81.8 cm³/mol. The summed E-state index contributed by atoms with van der Waals surface area (Å²) in [5.74, 6) is -1.51. The maximum atomic E-state index is 12.8. The Labute approximate surface area is 133 Å². The molecule has 2 aromatic rings. The summed E-state index contributed by atoms with van der Waals surface area (Å²) >= 11 is 0. The average molecular weight is 314 g/mol. The third kappa shape index (κ3) is 3.08. The van der Waals surface area contributed by atoms with Crippen LogP contribution in [0.2, 0.25) is 0 Å². The Morgan fingerprint density at radius 3 is 2.74 bits per heavy atom. The van der Waals surface area contributed by atoms with E-state index in [2.05, 4.69) is 10.1 Å². The fraction of sp³-hybridized carbons (Fsp3) is 0.375. The highest BCUT2D eigenvalue weighted by atomic mass is 16.4. The van der Waals surface area contributed by atoms with Crippen molar-refractivity contribution in [2.45, 2.75) is 13.5 Å². The van der Waals surface area contributed by atoms with Gasteiger partial charge in [0.2, 0.25) is 0 Å². The van der Waals surface area contributed by atoms with Gasteiger partial charge in [0.25, 0.3) is 5.91 Å². The molecule has 0 saturated carbocycles. The molecule has 7 nitrogen and oxygen atoms in total. The van der Waals surface area contributed by atoms with Crippen molar-refractivity contribution in [1.82, 2.24) is 19.7 Å². The van der Waals surface area contributed by atoms with Crippen LogP contribution in [0.3, 0.4) is 0 Å². The first-order valence-electron chi connectivity index (χ1n) is 7.48. The quantitative estimate of drug-likeness (QED) is 0.913.